The number of methoxy groups -OCH3 is 1. The van der Waals surface area contributed by atoms with Crippen LogP contribution in [0.15, 0.2) is 108 Å². The number of aliphatic hydroxyl groups is 1. The predicted octanol–water partition coefficient (Wildman–Crippen LogP) is 6.12. The van der Waals surface area contributed by atoms with Crippen LogP contribution in [0.4, 0.5) is 4.39 Å². The highest BCUT2D eigenvalue weighted by molar-refractivity contribution is 7.86. The van der Waals surface area contributed by atoms with Gasteiger partial charge < -0.3 is 14.4 Å². The molecule has 4 aromatic carbocycles. The third-order valence-corrected chi connectivity index (χ3v) is 7.98. The maximum absolute atomic E-state index is 14.4. The molecular formula is C31H28FNO5S. The number of ether oxygens (including phenoxy) is 1. The van der Waals surface area contributed by atoms with Crippen LogP contribution in [0.1, 0.15) is 17.2 Å². The van der Waals surface area contributed by atoms with Gasteiger partial charge >= 0.3 is 0 Å². The van der Waals surface area contributed by atoms with Crippen LogP contribution >= 0.6 is 0 Å². The third kappa shape index (κ3) is 5.59. The summed E-state index contributed by atoms with van der Waals surface area (Å²) in [4.78, 5) is -0.00525. The summed E-state index contributed by atoms with van der Waals surface area (Å²) in [6.07, 6.45) is 0.549. The molecule has 0 aliphatic rings. The van der Waals surface area contributed by atoms with E-state index in [0.717, 1.165) is 27.6 Å². The van der Waals surface area contributed by atoms with Gasteiger partial charge in [-0.2, -0.15) is 8.42 Å². The number of fused-ring (bicyclic) bond motifs is 1. The molecule has 39 heavy (non-hydrogen) atoms. The average molecular weight is 546 g/mol. The Balaban J connectivity index is 1.58. The summed E-state index contributed by atoms with van der Waals surface area (Å²) in [6.45, 7) is 1.32. The fourth-order valence-electron chi connectivity index (χ4n) is 4.74. The predicted molar refractivity (Wildman–Crippen MR) is 149 cm³/mol. The second kappa shape index (κ2) is 11.0. The zero-order chi connectivity index (χ0) is 27.6. The standard InChI is InChI=1S/C31H28FNO5S/c1-21-13-15-26(16-14-21)39(35,36)38-20-30(34)31(23-8-5-9-24(32)17-23)33-19-28(27-11-3-4-12-29(27)33)22-7-6-10-25(18-22)37-2/h3-19,30-31,34H,20H2,1-2H3/t30-,31+/m1/s1. The van der Waals surface area contributed by atoms with E-state index in [4.69, 9.17) is 8.92 Å². The smallest absolute Gasteiger partial charge is 0.297 e. The number of hydrogen-bond donors (Lipinski definition) is 1. The van der Waals surface area contributed by atoms with Crippen LogP contribution in [-0.2, 0) is 14.3 Å². The Morgan fingerprint density at radius 2 is 1.67 bits per heavy atom. The molecular weight excluding hydrogens is 517 g/mol. The molecule has 0 spiro atoms. The second-order valence-electron chi connectivity index (χ2n) is 9.32. The molecule has 0 radical (unpaired) electrons. The number of nitrogens with zero attached hydrogens (tertiary/aromatic N) is 1. The lowest BCUT2D eigenvalue weighted by Crippen LogP contribution is -2.30. The summed E-state index contributed by atoms with van der Waals surface area (Å²) in [6, 6.07) is 26.6. The number of halogens is 1. The van der Waals surface area contributed by atoms with Crippen molar-refractivity contribution in [3.8, 4) is 16.9 Å². The number of benzene rings is 4. The van der Waals surface area contributed by atoms with Gasteiger partial charge in [0.25, 0.3) is 10.1 Å². The summed E-state index contributed by atoms with van der Waals surface area (Å²) in [7, 11) is -2.52. The van der Waals surface area contributed by atoms with E-state index in [9.17, 15) is 17.9 Å². The molecule has 0 amide bonds. The van der Waals surface area contributed by atoms with Gasteiger partial charge in [-0.15, -0.1) is 0 Å². The van der Waals surface area contributed by atoms with Crippen molar-refractivity contribution in [2.24, 2.45) is 0 Å². The van der Waals surface area contributed by atoms with Crippen LogP contribution in [-0.4, -0.2) is 37.9 Å². The highest BCUT2D eigenvalue weighted by atomic mass is 32.2. The fraction of sp³-hybridized carbons (Fsp3) is 0.161. The lowest BCUT2D eigenvalue weighted by atomic mass is 10.0. The number of para-hydroxylation sites is 1. The van der Waals surface area contributed by atoms with Crippen molar-refractivity contribution in [3.05, 3.63) is 120 Å². The Morgan fingerprint density at radius 1 is 0.923 bits per heavy atom. The molecule has 0 fully saturated rings. The van der Waals surface area contributed by atoms with Gasteiger partial charge in [0.15, 0.2) is 0 Å². The van der Waals surface area contributed by atoms with Gasteiger partial charge in [-0.05, 0) is 60.5 Å². The molecule has 0 aliphatic heterocycles. The maximum atomic E-state index is 14.4. The summed E-state index contributed by atoms with van der Waals surface area (Å²) < 4.78 is 52.6. The highest BCUT2D eigenvalue weighted by Gasteiger charge is 2.28. The highest BCUT2D eigenvalue weighted by Crippen LogP contribution is 2.37. The monoisotopic (exact) mass is 545 g/mol. The van der Waals surface area contributed by atoms with Gasteiger partial charge in [0.2, 0.25) is 0 Å². The van der Waals surface area contributed by atoms with Crippen LogP contribution in [0.2, 0.25) is 0 Å². The van der Waals surface area contributed by atoms with E-state index in [1.54, 1.807) is 31.4 Å². The number of hydrogen-bond acceptors (Lipinski definition) is 5. The van der Waals surface area contributed by atoms with Crippen molar-refractivity contribution in [3.63, 3.8) is 0 Å². The van der Waals surface area contributed by atoms with E-state index >= 15 is 0 Å². The minimum Gasteiger partial charge on any atom is -0.497 e. The molecule has 0 aliphatic carbocycles. The number of aryl methyl sites for hydroxylation is 1. The van der Waals surface area contributed by atoms with E-state index < -0.39 is 34.7 Å². The minimum absolute atomic E-state index is 0.00525. The molecule has 0 saturated carbocycles. The van der Waals surface area contributed by atoms with Gasteiger partial charge in [-0.3, -0.25) is 4.18 Å². The third-order valence-electron chi connectivity index (χ3n) is 6.68. The molecule has 1 heterocycles. The van der Waals surface area contributed by atoms with Crippen LogP contribution in [0.5, 0.6) is 5.75 Å². The fourth-order valence-corrected chi connectivity index (χ4v) is 5.66. The minimum atomic E-state index is -4.12. The maximum Gasteiger partial charge on any atom is 0.297 e. The van der Waals surface area contributed by atoms with Gasteiger partial charge in [0.1, 0.15) is 17.7 Å². The first-order valence-corrected chi connectivity index (χ1v) is 13.8. The first-order chi connectivity index (χ1) is 18.8. The van der Waals surface area contributed by atoms with E-state index in [1.165, 1.54) is 24.3 Å². The Kier molecular flexibility index (Phi) is 7.52. The lowest BCUT2D eigenvalue weighted by molar-refractivity contribution is 0.0784. The van der Waals surface area contributed by atoms with Crippen molar-refractivity contribution < 1.29 is 26.8 Å². The van der Waals surface area contributed by atoms with Crippen molar-refractivity contribution in [1.29, 1.82) is 0 Å². The summed E-state index contributed by atoms with van der Waals surface area (Å²) >= 11 is 0. The molecule has 0 bridgehead atoms. The molecule has 2 atom stereocenters. The first kappa shape index (κ1) is 26.6. The molecule has 5 aromatic rings. The van der Waals surface area contributed by atoms with Crippen molar-refractivity contribution in [2.45, 2.75) is 24.0 Å². The van der Waals surface area contributed by atoms with Crippen LogP contribution in [0.25, 0.3) is 22.0 Å². The Hall–Kier alpha value is -3.98. The van der Waals surface area contributed by atoms with E-state index in [2.05, 4.69) is 0 Å². The zero-order valence-corrected chi connectivity index (χ0v) is 22.3. The second-order valence-corrected chi connectivity index (χ2v) is 10.9. The first-order valence-electron chi connectivity index (χ1n) is 12.4. The lowest BCUT2D eigenvalue weighted by Gasteiger charge is -2.26. The molecule has 8 heteroatoms. The molecule has 6 nitrogen and oxygen atoms in total. The quantitative estimate of drug-likeness (QED) is 0.226. The Labute approximate surface area is 227 Å². The van der Waals surface area contributed by atoms with Crippen molar-refractivity contribution >= 4 is 21.0 Å². The summed E-state index contributed by atoms with van der Waals surface area (Å²) in [5.41, 5.74) is 3.94. The van der Waals surface area contributed by atoms with E-state index in [0.29, 0.717) is 11.3 Å². The van der Waals surface area contributed by atoms with Gasteiger partial charge in [0, 0.05) is 22.7 Å². The molecule has 1 N–H and O–H groups in total. The van der Waals surface area contributed by atoms with Gasteiger partial charge in [-0.1, -0.05) is 60.2 Å². The summed E-state index contributed by atoms with van der Waals surface area (Å²) in [5, 5.41) is 12.3. The molecule has 0 saturated heterocycles. The van der Waals surface area contributed by atoms with Gasteiger partial charge in [-0.25, -0.2) is 4.39 Å². The molecule has 0 unspecified atom stereocenters. The van der Waals surface area contributed by atoms with Gasteiger partial charge in [0.05, 0.1) is 24.7 Å². The number of aromatic nitrogens is 1. The Bertz CT molecular complexity index is 1710. The topological polar surface area (TPSA) is 77.8 Å². The van der Waals surface area contributed by atoms with E-state index in [1.807, 2.05) is 66.2 Å². The number of rotatable bonds is 9. The molecule has 200 valence electrons. The van der Waals surface area contributed by atoms with Crippen molar-refractivity contribution in [2.75, 3.05) is 13.7 Å². The van der Waals surface area contributed by atoms with Crippen molar-refractivity contribution in [1.82, 2.24) is 4.57 Å². The zero-order valence-electron chi connectivity index (χ0n) is 21.5. The molecule has 1 aromatic heterocycles. The normalized spacial score (nSPS) is 13.3. The van der Waals surface area contributed by atoms with Crippen LogP contribution in [0, 0.1) is 12.7 Å². The number of aliphatic hydroxyl groups excluding tert-OH is 1. The summed E-state index contributed by atoms with van der Waals surface area (Å²) in [5.74, 6) is 0.225. The average Bonchev–Trinajstić information content (AvgIpc) is 3.32. The van der Waals surface area contributed by atoms with E-state index in [-0.39, 0.29) is 4.90 Å². The SMILES string of the molecule is COc1cccc(-c2cn([C@@H](c3cccc(F)c3)[C@H](O)COS(=O)(=O)c3ccc(C)cc3)c3ccccc23)c1. The Morgan fingerprint density at radius 3 is 2.41 bits per heavy atom. The largest absolute Gasteiger partial charge is 0.497 e. The van der Waals surface area contributed by atoms with Crippen LogP contribution in [0.3, 0.4) is 0 Å². The van der Waals surface area contributed by atoms with Crippen LogP contribution < -0.4 is 4.74 Å². The molecule has 5 rings (SSSR count).